The first-order valence-corrected chi connectivity index (χ1v) is 7.58. The van der Waals surface area contributed by atoms with Crippen LogP contribution in [0.2, 0.25) is 0 Å². The van der Waals surface area contributed by atoms with Gasteiger partial charge in [0.05, 0.1) is 11.8 Å². The van der Waals surface area contributed by atoms with E-state index in [2.05, 4.69) is 10.6 Å². The van der Waals surface area contributed by atoms with Gasteiger partial charge in [-0.15, -0.1) is 0 Å². The SMILES string of the molecule is Cc1ccc(NC(=O)C2CC2C(=O)Nc2c(F)cccc2F)cc1. The quantitative estimate of drug-likeness (QED) is 0.901. The van der Waals surface area contributed by atoms with Crippen LogP contribution in [0.25, 0.3) is 0 Å². The minimum absolute atomic E-state index is 0.270. The molecule has 2 N–H and O–H groups in total. The van der Waals surface area contributed by atoms with Crippen LogP contribution in [0, 0.1) is 30.4 Å². The van der Waals surface area contributed by atoms with Crippen LogP contribution in [0.5, 0.6) is 0 Å². The summed E-state index contributed by atoms with van der Waals surface area (Å²) in [5.41, 5.74) is 1.24. The van der Waals surface area contributed by atoms with E-state index in [9.17, 15) is 18.4 Å². The molecule has 0 bridgehead atoms. The lowest BCUT2D eigenvalue weighted by molar-refractivity contribution is -0.122. The summed E-state index contributed by atoms with van der Waals surface area (Å²) in [6, 6.07) is 10.6. The molecule has 0 radical (unpaired) electrons. The van der Waals surface area contributed by atoms with Gasteiger partial charge in [-0.25, -0.2) is 8.78 Å². The number of aryl methyl sites for hydroxylation is 1. The molecule has 2 aromatic rings. The molecule has 2 unspecified atom stereocenters. The van der Waals surface area contributed by atoms with Crippen molar-refractivity contribution >= 4 is 23.2 Å². The van der Waals surface area contributed by atoms with Gasteiger partial charge >= 0.3 is 0 Å². The third-order valence-corrected chi connectivity index (χ3v) is 3.99. The van der Waals surface area contributed by atoms with Gasteiger partial charge in [0.1, 0.15) is 17.3 Å². The standard InChI is InChI=1S/C18H16F2N2O2/c1-10-5-7-11(8-6-10)21-17(23)12-9-13(12)18(24)22-16-14(19)3-2-4-15(16)20/h2-8,12-13H,9H2,1H3,(H,21,23)(H,22,24). The van der Waals surface area contributed by atoms with E-state index >= 15 is 0 Å². The van der Waals surface area contributed by atoms with E-state index < -0.39 is 35.1 Å². The van der Waals surface area contributed by atoms with E-state index in [4.69, 9.17) is 0 Å². The number of hydrogen-bond donors (Lipinski definition) is 2. The molecule has 0 aromatic heterocycles. The molecule has 124 valence electrons. The second-order valence-electron chi connectivity index (χ2n) is 5.89. The fraction of sp³-hybridized carbons (Fsp3) is 0.222. The molecule has 4 nitrogen and oxygen atoms in total. The number of rotatable bonds is 4. The van der Waals surface area contributed by atoms with Gasteiger partial charge in [0.2, 0.25) is 11.8 Å². The molecule has 1 aliphatic carbocycles. The third kappa shape index (κ3) is 3.42. The number of para-hydroxylation sites is 1. The lowest BCUT2D eigenvalue weighted by Gasteiger charge is -2.08. The molecule has 1 aliphatic rings. The number of nitrogens with one attached hydrogen (secondary N) is 2. The summed E-state index contributed by atoms with van der Waals surface area (Å²) in [6.45, 7) is 1.94. The van der Waals surface area contributed by atoms with E-state index in [1.807, 2.05) is 19.1 Å². The maximum Gasteiger partial charge on any atom is 0.228 e. The number of benzene rings is 2. The highest BCUT2D eigenvalue weighted by Crippen LogP contribution is 2.40. The molecule has 3 rings (SSSR count). The summed E-state index contributed by atoms with van der Waals surface area (Å²) < 4.78 is 27.1. The Morgan fingerprint density at radius 2 is 1.46 bits per heavy atom. The smallest absolute Gasteiger partial charge is 0.228 e. The maximum atomic E-state index is 13.5. The number of amides is 2. The van der Waals surface area contributed by atoms with Gasteiger partial charge in [-0.3, -0.25) is 9.59 Å². The Hall–Kier alpha value is -2.76. The first-order valence-electron chi connectivity index (χ1n) is 7.58. The average molecular weight is 330 g/mol. The summed E-state index contributed by atoms with van der Waals surface area (Å²) in [4.78, 5) is 24.2. The molecule has 1 saturated carbocycles. The lowest BCUT2D eigenvalue weighted by atomic mass is 10.2. The average Bonchev–Trinajstić information content (AvgIpc) is 3.34. The molecule has 2 amide bonds. The predicted molar refractivity (Wildman–Crippen MR) is 86.4 cm³/mol. The molecule has 6 heteroatoms. The molecule has 0 heterocycles. The van der Waals surface area contributed by atoms with Gasteiger partial charge in [0.15, 0.2) is 0 Å². The molecule has 0 spiro atoms. The monoisotopic (exact) mass is 330 g/mol. The fourth-order valence-corrected chi connectivity index (χ4v) is 2.48. The molecule has 0 saturated heterocycles. The van der Waals surface area contributed by atoms with Crippen LogP contribution < -0.4 is 10.6 Å². The van der Waals surface area contributed by atoms with Crippen molar-refractivity contribution < 1.29 is 18.4 Å². The van der Waals surface area contributed by atoms with Crippen LogP contribution >= 0.6 is 0 Å². The molecule has 1 fully saturated rings. The summed E-state index contributed by atoms with van der Waals surface area (Å²) in [6.07, 6.45) is 0.361. The van der Waals surface area contributed by atoms with Gasteiger partial charge in [-0.05, 0) is 37.6 Å². The molecule has 24 heavy (non-hydrogen) atoms. The van der Waals surface area contributed by atoms with Crippen LogP contribution in [0.3, 0.4) is 0 Å². The zero-order valence-electron chi connectivity index (χ0n) is 13.0. The van der Waals surface area contributed by atoms with E-state index in [0.29, 0.717) is 12.1 Å². The number of anilines is 2. The van der Waals surface area contributed by atoms with Crippen LogP contribution in [0.1, 0.15) is 12.0 Å². The largest absolute Gasteiger partial charge is 0.326 e. The Morgan fingerprint density at radius 1 is 0.917 bits per heavy atom. The minimum atomic E-state index is -0.843. The Bertz CT molecular complexity index is 770. The van der Waals surface area contributed by atoms with Crippen LogP contribution in [0.4, 0.5) is 20.2 Å². The Morgan fingerprint density at radius 3 is 2.04 bits per heavy atom. The second kappa shape index (κ2) is 6.39. The number of hydrogen-bond acceptors (Lipinski definition) is 2. The van der Waals surface area contributed by atoms with Gasteiger partial charge in [0.25, 0.3) is 0 Å². The predicted octanol–water partition coefficient (Wildman–Crippen LogP) is 3.49. The van der Waals surface area contributed by atoms with Crippen molar-refractivity contribution in [3.63, 3.8) is 0 Å². The highest BCUT2D eigenvalue weighted by Gasteiger charge is 2.48. The topological polar surface area (TPSA) is 58.2 Å². The van der Waals surface area contributed by atoms with Gasteiger partial charge < -0.3 is 10.6 Å². The van der Waals surface area contributed by atoms with Crippen molar-refractivity contribution in [1.29, 1.82) is 0 Å². The molecular formula is C18H16F2N2O2. The second-order valence-corrected chi connectivity index (χ2v) is 5.89. The summed E-state index contributed by atoms with van der Waals surface area (Å²) in [5, 5.41) is 4.96. The highest BCUT2D eigenvalue weighted by atomic mass is 19.1. The summed E-state index contributed by atoms with van der Waals surface area (Å²) in [7, 11) is 0. The Kier molecular flexibility index (Phi) is 4.29. The number of carbonyl (C=O) groups excluding carboxylic acids is 2. The number of carbonyl (C=O) groups is 2. The number of halogens is 2. The van der Waals surface area contributed by atoms with Crippen molar-refractivity contribution in [3.8, 4) is 0 Å². The summed E-state index contributed by atoms with van der Waals surface area (Å²) >= 11 is 0. The molecule has 2 aromatic carbocycles. The van der Waals surface area contributed by atoms with E-state index in [0.717, 1.165) is 17.7 Å². The normalized spacial score (nSPS) is 18.8. The highest BCUT2D eigenvalue weighted by molar-refractivity contribution is 6.03. The van der Waals surface area contributed by atoms with Crippen molar-refractivity contribution in [2.75, 3.05) is 10.6 Å². The van der Waals surface area contributed by atoms with Crippen molar-refractivity contribution in [1.82, 2.24) is 0 Å². The third-order valence-electron chi connectivity index (χ3n) is 3.99. The molecule has 0 aliphatic heterocycles. The first kappa shape index (κ1) is 16.1. The first-order chi connectivity index (χ1) is 11.5. The fourth-order valence-electron chi connectivity index (χ4n) is 2.48. The van der Waals surface area contributed by atoms with E-state index in [-0.39, 0.29) is 5.91 Å². The Labute approximate surface area is 137 Å². The van der Waals surface area contributed by atoms with Gasteiger partial charge in [0, 0.05) is 5.69 Å². The van der Waals surface area contributed by atoms with Gasteiger partial charge in [-0.2, -0.15) is 0 Å². The van der Waals surface area contributed by atoms with Crippen molar-refractivity contribution in [2.45, 2.75) is 13.3 Å². The van der Waals surface area contributed by atoms with Crippen LogP contribution in [0.15, 0.2) is 42.5 Å². The van der Waals surface area contributed by atoms with Crippen molar-refractivity contribution in [3.05, 3.63) is 59.7 Å². The zero-order chi connectivity index (χ0) is 17.3. The molecular weight excluding hydrogens is 314 g/mol. The molecule has 2 atom stereocenters. The van der Waals surface area contributed by atoms with E-state index in [1.165, 1.54) is 6.07 Å². The van der Waals surface area contributed by atoms with Crippen molar-refractivity contribution in [2.24, 2.45) is 11.8 Å². The van der Waals surface area contributed by atoms with E-state index in [1.54, 1.807) is 12.1 Å². The minimum Gasteiger partial charge on any atom is -0.326 e. The van der Waals surface area contributed by atoms with Crippen LogP contribution in [-0.4, -0.2) is 11.8 Å². The zero-order valence-corrected chi connectivity index (χ0v) is 13.0. The maximum absolute atomic E-state index is 13.5. The van der Waals surface area contributed by atoms with Crippen LogP contribution in [-0.2, 0) is 9.59 Å². The van der Waals surface area contributed by atoms with Gasteiger partial charge in [-0.1, -0.05) is 23.8 Å². The Balaban J connectivity index is 1.59. The lowest BCUT2D eigenvalue weighted by Crippen LogP contribution is -2.21. The summed E-state index contributed by atoms with van der Waals surface area (Å²) in [5.74, 6) is -3.57.